The van der Waals surface area contributed by atoms with Crippen LogP contribution in [0.4, 0.5) is 13.2 Å². The van der Waals surface area contributed by atoms with Gasteiger partial charge in [-0.05, 0) is 25.7 Å². The van der Waals surface area contributed by atoms with Crippen LogP contribution in [0.15, 0.2) is 0 Å². The molecule has 0 atom stereocenters. The second kappa shape index (κ2) is 5.57. The summed E-state index contributed by atoms with van der Waals surface area (Å²) in [5.41, 5.74) is -0.381. The van der Waals surface area contributed by atoms with Crippen molar-refractivity contribution in [3.05, 3.63) is 0 Å². The van der Waals surface area contributed by atoms with Crippen LogP contribution in [0.3, 0.4) is 0 Å². The highest BCUT2D eigenvalue weighted by atomic mass is 19.4. The van der Waals surface area contributed by atoms with E-state index in [1.54, 1.807) is 0 Å². The summed E-state index contributed by atoms with van der Waals surface area (Å²) in [5.74, 6) is 0. The molecule has 1 fully saturated rings. The Morgan fingerprint density at radius 2 is 1.65 bits per heavy atom. The molecule has 102 valence electrons. The minimum atomic E-state index is -4.15. The van der Waals surface area contributed by atoms with E-state index in [0.717, 1.165) is 12.8 Å². The fourth-order valence-corrected chi connectivity index (χ4v) is 2.16. The van der Waals surface area contributed by atoms with Gasteiger partial charge in [-0.1, -0.05) is 13.8 Å². The van der Waals surface area contributed by atoms with Crippen LogP contribution < -0.4 is 0 Å². The van der Waals surface area contributed by atoms with Gasteiger partial charge < -0.3 is 5.11 Å². The van der Waals surface area contributed by atoms with E-state index in [1.807, 2.05) is 13.8 Å². The van der Waals surface area contributed by atoms with Gasteiger partial charge in [0.15, 0.2) is 0 Å². The van der Waals surface area contributed by atoms with Crippen LogP contribution in [-0.2, 0) is 0 Å². The summed E-state index contributed by atoms with van der Waals surface area (Å²) in [4.78, 5) is 1.50. The molecule has 0 aromatic heterocycles. The maximum atomic E-state index is 12.5. The molecular weight excluding hydrogens is 231 g/mol. The molecular formula is C12H22F3NO. The summed E-state index contributed by atoms with van der Waals surface area (Å²) in [6.45, 7) is 3.32. The SMILES string of the molecule is CCC(CC)(CO)CN(CC(F)(F)F)C1CC1. The summed E-state index contributed by atoms with van der Waals surface area (Å²) in [5, 5.41) is 9.42. The number of halogens is 3. The molecule has 0 saturated heterocycles. The van der Waals surface area contributed by atoms with Gasteiger partial charge in [-0.2, -0.15) is 13.2 Å². The number of rotatable bonds is 7. The van der Waals surface area contributed by atoms with Crippen LogP contribution in [0.1, 0.15) is 39.5 Å². The van der Waals surface area contributed by atoms with Crippen LogP contribution in [0.2, 0.25) is 0 Å². The van der Waals surface area contributed by atoms with E-state index >= 15 is 0 Å². The molecule has 2 nitrogen and oxygen atoms in total. The first-order valence-electron chi connectivity index (χ1n) is 6.27. The third-order valence-corrected chi connectivity index (χ3v) is 3.82. The first-order valence-corrected chi connectivity index (χ1v) is 6.27. The Hall–Kier alpha value is -0.290. The molecule has 1 rings (SSSR count). The van der Waals surface area contributed by atoms with Crippen molar-refractivity contribution in [3.63, 3.8) is 0 Å². The molecule has 0 aromatic carbocycles. The second-order valence-electron chi connectivity index (χ2n) is 5.12. The van der Waals surface area contributed by atoms with Gasteiger partial charge in [-0.3, -0.25) is 4.90 Å². The van der Waals surface area contributed by atoms with Gasteiger partial charge in [0.1, 0.15) is 0 Å². The first kappa shape index (κ1) is 14.8. The van der Waals surface area contributed by atoms with E-state index in [1.165, 1.54) is 4.90 Å². The number of hydrogen-bond donors (Lipinski definition) is 1. The molecule has 1 aliphatic rings. The van der Waals surface area contributed by atoms with Crippen molar-refractivity contribution in [1.29, 1.82) is 0 Å². The summed E-state index contributed by atoms with van der Waals surface area (Å²) >= 11 is 0. The molecule has 0 heterocycles. The lowest BCUT2D eigenvalue weighted by Gasteiger charge is -2.36. The van der Waals surface area contributed by atoms with Crippen molar-refractivity contribution >= 4 is 0 Å². The molecule has 0 amide bonds. The molecule has 1 N–H and O–H groups in total. The van der Waals surface area contributed by atoms with Crippen molar-refractivity contribution in [2.24, 2.45) is 5.41 Å². The summed E-state index contributed by atoms with van der Waals surface area (Å²) < 4.78 is 37.4. The summed E-state index contributed by atoms with van der Waals surface area (Å²) in [6, 6.07) is 0.0700. The Balaban J connectivity index is 2.65. The van der Waals surface area contributed by atoms with Gasteiger partial charge in [-0.15, -0.1) is 0 Å². The summed E-state index contributed by atoms with van der Waals surface area (Å²) in [6.07, 6.45) is -1.02. The maximum Gasteiger partial charge on any atom is 0.401 e. The van der Waals surface area contributed by atoms with E-state index in [9.17, 15) is 18.3 Å². The third kappa shape index (κ3) is 4.47. The smallest absolute Gasteiger partial charge is 0.396 e. The van der Waals surface area contributed by atoms with E-state index in [4.69, 9.17) is 0 Å². The Bertz CT molecular complexity index is 226. The topological polar surface area (TPSA) is 23.5 Å². The largest absolute Gasteiger partial charge is 0.401 e. The van der Waals surface area contributed by atoms with Gasteiger partial charge in [0.25, 0.3) is 0 Å². The normalized spacial score (nSPS) is 17.8. The van der Waals surface area contributed by atoms with Gasteiger partial charge in [-0.25, -0.2) is 0 Å². The van der Waals surface area contributed by atoms with Gasteiger partial charge in [0, 0.05) is 24.6 Å². The fourth-order valence-electron chi connectivity index (χ4n) is 2.16. The van der Waals surface area contributed by atoms with Crippen LogP contribution in [0, 0.1) is 5.41 Å². The fraction of sp³-hybridized carbons (Fsp3) is 1.00. The van der Waals surface area contributed by atoms with Crippen LogP contribution >= 0.6 is 0 Å². The number of hydrogen-bond acceptors (Lipinski definition) is 2. The lowest BCUT2D eigenvalue weighted by molar-refractivity contribution is -0.151. The molecule has 1 aliphatic carbocycles. The number of alkyl halides is 3. The quantitative estimate of drug-likeness (QED) is 0.754. The zero-order valence-electron chi connectivity index (χ0n) is 10.6. The summed E-state index contributed by atoms with van der Waals surface area (Å²) in [7, 11) is 0. The molecule has 0 bridgehead atoms. The van der Waals surface area contributed by atoms with Crippen molar-refractivity contribution in [2.45, 2.75) is 51.7 Å². The van der Waals surface area contributed by atoms with E-state index in [-0.39, 0.29) is 18.1 Å². The standard InChI is InChI=1S/C12H22F3NO/c1-3-11(4-2,9-17)7-16(10-5-6-10)8-12(13,14)15/h10,17H,3-9H2,1-2H3. The highest BCUT2D eigenvalue weighted by molar-refractivity contribution is 4.90. The Kier molecular flexibility index (Phi) is 4.84. The second-order valence-corrected chi connectivity index (χ2v) is 5.12. The van der Waals surface area contributed by atoms with Crippen molar-refractivity contribution in [2.75, 3.05) is 19.7 Å². The molecule has 0 unspecified atom stereocenters. The lowest BCUT2D eigenvalue weighted by Crippen LogP contribution is -2.44. The molecule has 1 saturated carbocycles. The Labute approximate surface area is 101 Å². The Morgan fingerprint density at radius 1 is 1.12 bits per heavy atom. The first-order chi connectivity index (χ1) is 7.86. The highest BCUT2D eigenvalue weighted by Crippen LogP contribution is 2.35. The highest BCUT2D eigenvalue weighted by Gasteiger charge is 2.41. The van der Waals surface area contributed by atoms with Crippen LogP contribution in [-0.4, -0.2) is 41.9 Å². The molecule has 0 aromatic rings. The Morgan fingerprint density at radius 3 is 1.94 bits per heavy atom. The van der Waals surface area contributed by atoms with E-state index in [2.05, 4.69) is 0 Å². The van der Waals surface area contributed by atoms with Gasteiger partial charge in [0.2, 0.25) is 0 Å². The van der Waals surface area contributed by atoms with E-state index in [0.29, 0.717) is 19.4 Å². The van der Waals surface area contributed by atoms with Gasteiger partial charge in [0.05, 0.1) is 6.54 Å². The van der Waals surface area contributed by atoms with Gasteiger partial charge >= 0.3 is 6.18 Å². The maximum absolute atomic E-state index is 12.5. The molecule has 0 radical (unpaired) electrons. The molecule has 5 heteroatoms. The monoisotopic (exact) mass is 253 g/mol. The predicted molar refractivity (Wildman–Crippen MR) is 60.8 cm³/mol. The minimum Gasteiger partial charge on any atom is -0.396 e. The lowest BCUT2D eigenvalue weighted by atomic mass is 9.82. The third-order valence-electron chi connectivity index (χ3n) is 3.82. The number of nitrogens with zero attached hydrogens (tertiary/aromatic N) is 1. The average molecular weight is 253 g/mol. The van der Waals surface area contributed by atoms with Crippen LogP contribution in [0.25, 0.3) is 0 Å². The molecule has 17 heavy (non-hydrogen) atoms. The zero-order chi connectivity index (χ0) is 13.1. The zero-order valence-corrected chi connectivity index (χ0v) is 10.6. The van der Waals surface area contributed by atoms with Crippen molar-refractivity contribution in [1.82, 2.24) is 4.90 Å². The van der Waals surface area contributed by atoms with Crippen molar-refractivity contribution < 1.29 is 18.3 Å². The number of aliphatic hydroxyl groups is 1. The number of aliphatic hydroxyl groups excluding tert-OH is 1. The van der Waals surface area contributed by atoms with Crippen molar-refractivity contribution in [3.8, 4) is 0 Å². The van der Waals surface area contributed by atoms with E-state index < -0.39 is 12.7 Å². The molecule has 0 spiro atoms. The van der Waals surface area contributed by atoms with Crippen LogP contribution in [0.5, 0.6) is 0 Å². The average Bonchev–Trinajstić information content (AvgIpc) is 3.06. The minimum absolute atomic E-state index is 0.0406. The molecule has 0 aliphatic heterocycles. The predicted octanol–water partition coefficient (Wildman–Crippen LogP) is 2.81.